The van der Waals surface area contributed by atoms with Crippen LogP contribution in [0.5, 0.6) is 0 Å². The number of nitrogens with one attached hydrogen (secondary N) is 1. The molecule has 0 aliphatic heterocycles. The highest BCUT2D eigenvalue weighted by Crippen LogP contribution is 2.25. The molecule has 0 saturated heterocycles. The molecule has 0 radical (unpaired) electrons. The number of carbonyl (C=O) groups is 2. The Morgan fingerprint density at radius 1 is 1.03 bits per heavy atom. The van der Waals surface area contributed by atoms with E-state index in [0.717, 1.165) is 11.1 Å². The molecule has 186 valence electrons. The summed E-state index contributed by atoms with van der Waals surface area (Å²) in [4.78, 5) is 28.1. The Morgan fingerprint density at radius 3 is 2.21 bits per heavy atom. The lowest BCUT2D eigenvalue weighted by molar-refractivity contribution is -0.141. The van der Waals surface area contributed by atoms with Crippen LogP contribution < -0.4 is 5.32 Å². The predicted molar refractivity (Wildman–Crippen MR) is 142 cm³/mol. The van der Waals surface area contributed by atoms with Gasteiger partial charge < -0.3 is 10.2 Å². The lowest BCUT2D eigenvalue weighted by Gasteiger charge is -2.31. The van der Waals surface area contributed by atoms with Gasteiger partial charge in [-0.25, -0.2) is 0 Å². The summed E-state index contributed by atoms with van der Waals surface area (Å²) in [5.41, 5.74) is 3.21. The normalized spacial score (nSPS) is 12.5. The Labute approximate surface area is 215 Å². The molecule has 2 amide bonds. The molecule has 1 N–H and O–H groups in total. The maximum Gasteiger partial charge on any atom is 0.242 e. The van der Waals surface area contributed by atoms with E-state index in [4.69, 9.17) is 23.2 Å². The fraction of sp³-hybridized carbons (Fsp3) is 0.500. The molecule has 0 bridgehead atoms. The average Bonchev–Trinajstić information content (AvgIpc) is 2.77. The van der Waals surface area contributed by atoms with Gasteiger partial charge in [0, 0.05) is 29.6 Å². The first-order chi connectivity index (χ1) is 15.9. The Kier molecular flexibility index (Phi) is 10.5. The third kappa shape index (κ3) is 8.32. The Morgan fingerprint density at radius 2 is 1.68 bits per heavy atom. The number of hydrogen-bond acceptors (Lipinski definition) is 2. The van der Waals surface area contributed by atoms with Crippen molar-refractivity contribution in [2.75, 3.05) is 6.54 Å². The molecular formula is C28H38Cl2N2O2. The summed E-state index contributed by atoms with van der Waals surface area (Å²) < 4.78 is 0. The molecule has 1 atom stereocenters. The van der Waals surface area contributed by atoms with Crippen molar-refractivity contribution in [3.05, 3.63) is 69.2 Å². The third-order valence-electron chi connectivity index (χ3n) is 5.87. The molecule has 0 spiro atoms. The minimum absolute atomic E-state index is 0.0718. The van der Waals surface area contributed by atoms with Gasteiger partial charge in [-0.05, 0) is 53.0 Å². The van der Waals surface area contributed by atoms with E-state index in [1.165, 1.54) is 5.56 Å². The molecule has 0 aliphatic rings. The number of halogens is 2. The van der Waals surface area contributed by atoms with Crippen LogP contribution in [-0.2, 0) is 28.0 Å². The maximum atomic E-state index is 13.4. The van der Waals surface area contributed by atoms with Crippen LogP contribution in [0.3, 0.4) is 0 Å². The van der Waals surface area contributed by atoms with Gasteiger partial charge >= 0.3 is 0 Å². The highest BCUT2D eigenvalue weighted by molar-refractivity contribution is 6.35. The molecule has 2 rings (SSSR count). The highest BCUT2D eigenvalue weighted by Gasteiger charge is 2.29. The molecule has 2 aromatic carbocycles. The fourth-order valence-corrected chi connectivity index (χ4v) is 4.21. The molecule has 0 unspecified atom stereocenters. The Hall–Kier alpha value is -2.04. The lowest BCUT2D eigenvalue weighted by atomic mass is 9.86. The van der Waals surface area contributed by atoms with Gasteiger partial charge in [-0.2, -0.15) is 0 Å². The number of rotatable bonds is 10. The monoisotopic (exact) mass is 504 g/mol. The quantitative estimate of drug-likeness (QED) is 0.386. The Balaban J connectivity index is 2.22. The van der Waals surface area contributed by atoms with Crippen LogP contribution in [-0.4, -0.2) is 29.3 Å². The smallest absolute Gasteiger partial charge is 0.242 e. The molecule has 0 aromatic heterocycles. The van der Waals surface area contributed by atoms with Gasteiger partial charge in [0.15, 0.2) is 0 Å². The fourth-order valence-electron chi connectivity index (χ4n) is 3.74. The van der Waals surface area contributed by atoms with Crippen LogP contribution >= 0.6 is 23.2 Å². The largest absolute Gasteiger partial charge is 0.354 e. The topological polar surface area (TPSA) is 49.4 Å². The molecule has 0 heterocycles. The van der Waals surface area contributed by atoms with E-state index in [1.807, 2.05) is 26.8 Å². The minimum Gasteiger partial charge on any atom is -0.354 e. The number of hydrogen-bond donors (Lipinski definition) is 1. The van der Waals surface area contributed by atoms with Gasteiger partial charge in [-0.1, -0.05) is 95.1 Å². The Bertz CT molecular complexity index is 965. The zero-order chi connectivity index (χ0) is 25.5. The van der Waals surface area contributed by atoms with Crippen molar-refractivity contribution in [2.45, 2.75) is 78.8 Å². The SMILES string of the molecule is CC[C@@H](C(=O)NCC(C)C)N(Cc1ccc(Cl)cc1Cl)C(=O)CCc1ccc(C(C)(C)C)cc1. The van der Waals surface area contributed by atoms with E-state index in [0.29, 0.717) is 41.8 Å². The van der Waals surface area contributed by atoms with Crippen molar-refractivity contribution in [3.8, 4) is 0 Å². The number of nitrogens with zero attached hydrogens (tertiary/aromatic N) is 1. The molecular weight excluding hydrogens is 467 g/mol. The third-order valence-corrected chi connectivity index (χ3v) is 6.46. The van der Waals surface area contributed by atoms with Crippen LogP contribution in [0.4, 0.5) is 0 Å². The minimum atomic E-state index is -0.568. The van der Waals surface area contributed by atoms with Crippen molar-refractivity contribution in [1.29, 1.82) is 0 Å². The molecule has 0 fully saturated rings. The molecule has 34 heavy (non-hydrogen) atoms. The summed E-state index contributed by atoms with van der Waals surface area (Å²) in [5, 5.41) is 4.01. The summed E-state index contributed by atoms with van der Waals surface area (Å²) in [6.45, 7) is 13.4. The van der Waals surface area contributed by atoms with Crippen molar-refractivity contribution in [2.24, 2.45) is 5.92 Å². The second-order valence-corrected chi connectivity index (χ2v) is 11.1. The van der Waals surface area contributed by atoms with E-state index < -0.39 is 6.04 Å². The first-order valence-electron chi connectivity index (χ1n) is 12.0. The van der Waals surface area contributed by atoms with Crippen molar-refractivity contribution < 1.29 is 9.59 Å². The number of aryl methyl sites for hydroxylation is 1. The van der Waals surface area contributed by atoms with Crippen LogP contribution in [0.15, 0.2) is 42.5 Å². The predicted octanol–water partition coefficient (Wildman–Crippen LogP) is 6.80. The number of amides is 2. The van der Waals surface area contributed by atoms with Gasteiger partial charge in [0.2, 0.25) is 11.8 Å². The van der Waals surface area contributed by atoms with E-state index in [9.17, 15) is 9.59 Å². The second-order valence-electron chi connectivity index (χ2n) is 10.3. The average molecular weight is 506 g/mol. The zero-order valence-corrected chi connectivity index (χ0v) is 22.8. The summed E-state index contributed by atoms with van der Waals surface area (Å²) in [5.74, 6) is 0.119. The van der Waals surface area contributed by atoms with Crippen LogP contribution in [0, 0.1) is 5.92 Å². The number of carbonyl (C=O) groups excluding carboxylic acids is 2. The first kappa shape index (κ1) is 28.2. The molecule has 0 saturated carbocycles. The molecule has 0 aliphatic carbocycles. The van der Waals surface area contributed by atoms with Gasteiger partial charge in [0.1, 0.15) is 6.04 Å². The first-order valence-corrected chi connectivity index (χ1v) is 12.8. The maximum absolute atomic E-state index is 13.4. The van der Waals surface area contributed by atoms with Crippen molar-refractivity contribution in [1.82, 2.24) is 10.2 Å². The van der Waals surface area contributed by atoms with E-state index in [2.05, 4.69) is 50.4 Å². The molecule has 6 heteroatoms. The van der Waals surface area contributed by atoms with Gasteiger partial charge in [-0.3, -0.25) is 9.59 Å². The van der Waals surface area contributed by atoms with Gasteiger partial charge in [-0.15, -0.1) is 0 Å². The van der Waals surface area contributed by atoms with Crippen LogP contribution in [0.1, 0.15) is 71.1 Å². The van der Waals surface area contributed by atoms with Gasteiger partial charge in [0.25, 0.3) is 0 Å². The lowest BCUT2D eigenvalue weighted by Crippen LogP contribution is -2.49. The molecule has 4 nitrogen and oxygen atoms in total. The summed E-state index contributed by atoms with van der Waals surface area (Å²) in [7, 11) is 0. The van der Waals surface area contributed by atoms with Gasteiger partial charge in [0.05, 0.1) is 0 Å². The van der Waals surface area contributed by atoms with E-state index in [1.54, 1.807) is 17.0 Å². The second kappa shape index (κ2) is 12.6. The zero-order valence-electron chi connectivity index (χ0n) is 21.3. The van der Waals surface area contributed by atoms with Crippen molar-refractivity contribution in [3.63, 3.8) is 0 Å². The van der Waals surface area contributed by atoms with Crippen LogP contribution in [0.2, 0.25) is 10.0 Å². The molecule has 2 aromatic rings. The standard InChI is InChI=1S/C28H38Cl2N2O2/c1-7-25(27(34)31-17-19(2)3)32(18-21-11-14-23(29)16-24(21)30)26(33)15-10-20-8-12-22(13-9-20)28(4,5)6/h8-9,11-14,16,19,25H,7,10,15,17-18H2,1-6H3,(H,31,34)/t25-/m0/s1. The summed E-state index contributed by atoms with van der Waals surface area (Å²) in [6, 6.07) is 13.1. The number of benzene rings is 2. The van der Waals surface area contributed by atoms with Crippen molar-refractivity contribution >= 4 is 35.0 Å². The van der Waals surface area contributed by atoms with E-state index >= 15 is 0 Å². The summed E-state index contributed by atoms with van der Waals surface area (Å²) >= 11 is 12.5. The highest BCUT2D eigenvalue weighted by atomic mass is 35.5. The summed E-state index contributed by atoms with van der Waals surface area (Å²) in [6.07, 6.45) is 1.44. The van der Waals surface area contributed by atoms with E-state index in [-0.39, 0.29) is 23.8 Å². The van der Waals surface area contributed by atoms with Crippen LogP contribution in [0.25, 0.3) is 0 Å².